The van der Waals surface area contributed by atoms with Gasteiger partial charge in [-0.15, -0.1) is 0 Å². The summed E-state index contributed by atoms with van der Waals surface area (Å²) < 4.78 is 2.21. The molecule has 2 N–H and O–H groups in total. The highest BCUT2D eigenvalue weighted by Crippen LogP contribution is 2.31. The molecule has 102 valence electrons. The molecule has 2 aromatic heterocycles. The number of nitrogens with two attached hydrogens (primary N) is 1. The third-order valence-corrected chi connectivity index (χ3v) is 3.46. The molecule has 0 aliphatic carbocycles. The average molecular weight is 266 g/mol. The second-order valence-corrected chi connectivity index (χ2v) is 5.35. The highest BCUT2D eigenvalue weighted by atomic mass is 15.1. The highest BCUT2D eigenvalue weighted by molar-refractivity contribution is 5.83. The fourth-order valence-electron chi connectivity index (χ4n) is 2.53. The van der Waals surface area contributed by atoms with Crippen molar-refractivity contribution in [2.45, 2.75) is 26.8 Å². The maximum absolute atomic E-state index is 6.14. The van der Waals surface area contributed by atoms with Crippen LogP contribution in [0.5, 0.6) is 0 Å². The molecule has 3 rings (SSSR count). The minimum Gasteiger partial charge on any atom is -0.398 e. The molecular weight excluding hydrogens is 248 g/mol. The van der Waals surface area contributed by atoms with Gasteiger partial charge in [-0.05, 0) is 39.0 Å². The van der Waals surface area contributed by atoms with Gasteiger partial charge in [0.15, 0.2) is 0 Å². The van der Waals surface area contributed by atoms with E-state index >= 15 is 0 Å². The summed E-state index contributed by atoms with van der Waals surface area (Å²) in [5.74, 6) is 0.907. The Bertz CT molecular complexity index is 771. The van der Waals surface area contributed by atoms with Crippen LogP contribution in [0.25, 0.3) is 22.4 Å². The van der Waals surface area contributed by atoms with E-state index in [0.29, 0.717) is 6.04 Å². The van der Waals surface area contributed by atoms with Gasteiger partial charge in [-0.2, -0.15) is 0 Å². The predicted molar refractivity (Wildman–Crippen MR) is 82.5 cm³/mol. The van der Waals surface area contributed by atoms with Gasteiger partial charge in [0.25, 0.3) is 0 Å². The minimum absolute atomic E-state index is 0.303. The molecule has 0 aliphatic heterocycles. The van der Waals surface area contributed by atoms with Crippen molar-refractivity contribution in [3.63, 3.8) is 0 Å². The first-order chi connectivity index (χ1) is 9.58. The minimum atomic E-state index is 0.303. The molecule has 0 bridgehead atoms. The van der Waals surface area contributed by atoms with Crippen LogP contribution in [0.1, 0.15) is 25.5 Å². The Hall–Kier alpha value is -2.36. The van der Waals surface area contributed by atoms with Crippen LogP contribution in [0.15, 0.2) is 36.7 Å². The summed E-state index contributed by atoms with van der Waals surface area (Å²) in [7, 11) is 0. The molecule has 1 aromatic carbocycles. The Kier molecular flexibility index (Phi) is 2.93. The lowest BCUT2D eigenvalue weighted by molar-refractivity contribution is 0.624. The van der Waals surface area contributed by atoms with Gasteiger partial charge >= 0.3 is 0 Å². The van der Waals surface area contributed by atoms with E-state index in [1.165, 1.54) is 5.56 Å². The molecule has 0 radical (unpaired) electrons. The van der Waals surface area contributed by atoms with Crippen molar-refractivity contribution in [2.24, 2.45) is 0 Å². The number of aromatic nitrogens is 3. The molecule has 0 amide bonds. The van der Waals surface area contributed by atoms with Crippen molar-refractivity contribution >= 4 is 16.7 Å². The Balaban J connectivity index is 2.35. The van der Waals surface area contributed by atoms with Crippen molar-refractivity contribution in [2.75, 3.05) is 5.73 Å². The smallest absolute Gasteiger partial charge is 0.143 e. The van der Waals surface area contributed by atoms with Gasteiger partial charge in [0.2, 0.25) is 0 Å². The van der Waals surface area contributed by atoms with E-state index in [4.69, 9.17) is 10.7 Å². The molecule has 0 unspecified atom stereocenters. The molecule has 0 saturated heterocycles. The van der Waals surface area contributed by atoms with Crippen molar-refractivity contribution in [3.8, 4) is 11.4 Å². The van der Waals surface area contributed by atoms with E-state index in [9.17, 15) is 0 Å². The number of imidazole rings is 1. The van der Waals surface area contributed by atoms with Crippen LogP contribution in [-0.4, -0.2) is 14.5 Å². The molecule has 2 heterocycles. The summed E-state index contributed by atoms with van der Waals surface area (Å²) in [4.78, 5) is 8.88. The zero-order valence-corrected chi connectivity index (χ0v) is 12.0. The molecule has 4 heteroatoms. The Morgan fingerprint density at radius 2 is 2.00 bits per heavy atom. The lowest BCUT2D eigenvalue weighted by Crippen LogP contribution is -2.04. The number of hydrogen-bond donors (Lipinski definition) is 1. The van der Waals surface area contributed by atoms with Crippen molar-refractivity contribution in [3.05, 3.63) is 42.2 Å². The molecule has 4 nitrogen and oxygen atoms in total. The summed E-state index contributed by atoms with van der Waals surface area (Å²) >= 11 is 0. The van der Waals surface area contributed by atoms with Crippen molar-refractivity contribution in [1.29, 1.82) is 0 Å². The van der Waals surface area contributed by atoms with Crippen LogP contribution in [-0.2, 0) is 0 Å². The molecule has 0 saturated carbocycles. The first-order valence-corrected chi connectivity index (χ1v) is 6.76. The summed E-state index contributed by atoms with van der Waals surface area (Å²) in [6, 6.07) is 8.34. The van der Waals surface area contributed by atoms with Gasteiger partial charge in [0, 0.05) is 23.5 Å². The fourth-order valence-corrected chi connectivity index (χ4v) is 2.53. The molecule has 0 spiro atoms. The van der Waals surface area contributed by atoms with Crippen LogP contribution in [0.3, 0.4) is 0 Å². The number of pyridine rings is 1. The fraction of sp³-hybridized carbons (Fsp3) is 0.250. The number of nitrogens with zero attached hydrogens (tertiary/aromatic N) is 3. The van der Waals surface area contributed by atoms with Crippen molar-refractivity contribution in [1.82, 2.24) is 14.5 Å². The number of anilines is 1. The molecule has 20 heavy (non-hydrogen) atoms. The lowest BCUT2D eigenvalue weighted by atomic mass is 10.1. The second-order valence-electron chi connectivity index (χ2n) is 5.35. The van der Waals surface area contributed by atoms with E-state index in [0.717, 1.165) is 28.1 Å². The molecule has 3 aromatic rings. The third kappa shape index (κ3) is 1.93. The first-order valence-electron chi connectivity index (χ1n) is 6.76. The SMILES string of the molecule is Cc1ccc(N)c(-c2nc3cnccc3n2C(C)C)c1. The monoisotopic (exact) mass is 266 g/mol. The second kappa shape index (κ2) is 4.63. The Morgan fingerprint density at radius 3 is 2.75 bits per heavy atom. The average Bonchev–Trinajstić information content (AvgIpc) is 2.80. The largest absolute Gasteiger partial charge is 0.398 e. The third-order valence-electron chi connectivity index (χ3n) is 3.46. The van der Waals surface area contributed by atoms with Crippen molar-refractivity contribution < 1.29 is 0 Å². The van der Waals surface area contributed by atoms with E-state index in [1.54, 1.807) is 12.4 Å². The van der Waals surface area contributed by atoms with Crippen LogP contribution < -0.4 is 5.73 Å². The molecule has 0 fully saturated rings. The number of aryl methyl sites for hydroxylation is 1. The van der Waals surface area contributed by atoms with E-state index in [1.807, 2.05) is 18.2 Å². The number of fused-ring (bicyclic) bond motifs is 1. The normalized spacial score (nSPS) is 11.4. The maximum Gasteiger partial charge on any atom is 0.143 e. The van der Waals surface area contributed by atoms with Crippen LogP contribution in [0.4, 0.5) is 5.69 Å². The summed E-state index contributed by atoms with van der Waals surface area (Å²) in [6.45, 7) is 6.36. The van der Waals surface area contributed by atoms with Gasteiger partial charge in [-0.25, -0.2) is 4.98 Å². The number of nitrogen functional groups attached to an aromatic ring is 1. The van der Waals surface area contributed by atoms with Crippen LogP contribution >= 0.6 is 0 Å². The van der Waals surface area contributed by atoms with Gasteiger partial charge in [-0.1, -0.05) is 11.6 Å². The quantitative estimate of drug-likeness (QED) is 0.721. The van der Waals surface area contributed by atoms with Gasteiger partial charge < -0.3 is 10.3 Å². The molecule has 0 atom stereocenters. The van der Waals surface area contributed by atoms with E-state index in [-0.39, 0.29) is 0 Å². The zero-order valence-electron chi connectivity index (χ0n) is 12.0. The zero-order chi connectivity index (χ0) is 14.3. The standard InChI is InChI=1S/C16H18N4/c1-10(2)20-15-6-7-18-9-14(15)19-16(20)12-8-11(3)4-5-13(12)17/h4-10H,17H2,1-3H3. The van der Waals surface area contributed by atoms with Gasteiger partial charge in [0.1, 0.15) is 11.3 Å². The van der Waals surface area contributed by atoms with Gasteiger partial charge in [0.05, 0.1) is 11.7 Å². The van der Waals surface area contributed by atoms with Crippen LogP contribution in [0, 0.1) is 6.92 Å². The lowest BCUT2D eigenvalue weighted by Gasteiger charge is -2.14. The number of rotatable bonds is 2. The van der Waals surface area contributed by atoms with Gasteiger partial charge in [-0.3, -0.25) is 4.98 Å². The van der Waals surface area contributed by atoms with Crippen LogP contribution in [0.2, 0.25) is 0 Å². The Morgan fingerprint density at radius 1 is 1.20 bits per heavy atom. The summed E-state index contributed by atoms with van der Waals surface area (Å²) in [5.41, 5.74) is 11.0. The highest BCUT2D eigenvalue weighted by Gasteiger charge is 2.16. The topological polar surface area (TPSA) is 56.7 Å². The Labute approximate surface area is 118 Å². The molecular formula is C16H18N4. The maximum atomic E-state index is 6.14. The molecule has 0 aliphatic rings. The van der Waals surface area contributed by atoms with E-state index < -0.39 is 0 Å². The van der Waals surface area contributed by atoms with E-state index in [2.05, 4.69) is 36.4 Å². The number of benzene rings is 1. The first kappa shape index (κ1) is 12.7. The number of hydrogen-bond acceptors (Lipinski definition) is 3. The predicted octanol–water partition coefficient (Wildman–Crippen LogP) is 3.57. The summed E-state index contributed by atoms with van der Waals surface area (Å²) in [6.07, 6.45) is 3.59. The summed E-state index contributed by atoms with van der Waals surface area (Å²) in [5, 5.41) is 0.